The zero-order valence-electron chi connectivity index (χ0n) is 65.2. The molecule has 5 aromatic carbocycles. The molecule has 4 heterocycles. The first-order valence-corrected chi connectivity index (χ1v) is 38.6. The number of unbranched alkanes of at least 4 members (excludes halogenated alkanes) is 1. The van der Waals surface area contributed by atoms with Gasteiger partial charge in [0, 0.05) is 54.7 Å². The molecule has 9 amide bonds. The molecule has 0 radical (unpaired) electrons. The van der Waals surface area contributed by atoms with Crippen molar-refractivity contribution in [2.45, 2.75) is 178 Å². The van der Waals surface area contributed by atoms with E-state index < -0.39 is 169 Å². The van der Waals surface area contributed by atoms with Crippen LogP contribution in [0.5, 0.6) is 0 Å². The topological polar surface area (TPSA) is 568 Å². The Morgan fingerprint density at radius 3 is 1.70 bits per heavy atom. The van der Waals surface area contributed by atoms with Gasteiger partial charge in [-0.2, -0.15) is 9.97 Å². The minimum absolute atomic E-state index is 0.00153. The minimum atomic E-state index is -4.08. The third kappa shape index (κ3) is 23.2. The standard InChI is InChI=1S/C80H102ClN23O12/c1-44(2)34-63(94-68(109)58(84)37-48-20-27-55(28-21-48)92-78-96-76(87)98-100-78)72(113)103(70(111)60(86)38-49-22-29-56(30-23-49)93-79-97-77(88)99-101-79)75(116)80(67(108)57(83)36-47-18-25-54(81)26-19-47,41-66(107)62(91-46(5)106)40-50-17-24-52-13-6-7-14-53(52)35-50)104(73(114)64(43-105)95-69(110)59(85)39-51-12-10-32-89-42-51)74(115)65-16-11-33-102(65)71(112)61(90-45(3)4)15-8-9-31-82/h6-7,10,12-14,17-30,32,35,42,44-45,57-65,90,105H,8-9,11,15-16,31,33-34,36-41,43,82-86H2,1-5H3,(H,91,106)(H,94,109)(H,95,110)(H4,87,92,96,98,100)(H4,88,93,97,99,101)/t57-,58-,59-,60+,61+,62-,63+,64+,65+,80+/m1/s1. The van der Waals surface area contributed by atoms with E-state index in [4.69, 9.17) is 51.7 Å². The van der Waals surface area contributed by atoms with Gasteiger partial charge in [0.2, 0.25) is 47.4 Å². The van der Waals surface area contributed by atoms with Crippen molar-refractivity contribution in [2.75, 3.05) is 41.8 Å². The van der Waals surface area contributed by atoms with Gasteiger partial charge in [0.15, 0.2) is 17.1 Å². The van der Waals surface area contributed by atoms with Crippen LogP contribution >= 0.6 is 11.6 Å². The van der Waals surface area contributed by atoms with E-state index in [-0.39, 0.29) is 101 Å². The van der Waals surface area contributed by atoms with Gasteiger partial charge in [0.25, 0.3) is 29.5 Å². The largest absolute Gasteiger partial charge is 0.394 e. The number of pyridine rings is 1. The van der Waals surface area contributed by atoms with Gasteiger partial charge in [-0.05, 0) is 158 Å². The van der Waals surface area contributed by atoms with Crippen LogP contribution < -0.4 is 72.0 Å². The van der Waals surface area contributed by atoms with Gasteiger partial charge >= 0.3 is 0 Å². The zero-order chi connectivity index (χ0) is 84.1. The third-order valence-electron chi connectivity index (χ3n) is 19.6. The molecule has 1 aliphatic heterocycles. The minimum Gasteiger partial charge on any atom is -0.394 e. The second-order valence-corrected chi connectivity index (χ2v) is 30.0. The van der Waals surface area contributed by atoms with Crippen LogP contribution in [-0.2, 0) is 84.8 Å². The molecule has 9 rings (SSSR count). The number of hydrogen-bond acceptors (Lipinski definition) is 27. The molecule has 8 aromatic rings. The normalized spacial score (nSPS) is 15.4. The molecule has 116 heavy (non-hydrogen) atoms. The molecule has 0 unspecified atom stereocenters. The lowest BCUT2D eigenvalue weighted by molar-refractivity contribution is -0.177. The molecule has 35 nitrogen and oxygen atoms in total. The number of imide groups is 4. The van der Waals surface area contributed by atoms with Crippen LogP contribution in [0.1, 0.15) is 107 Å². The monoisotopic (exact) mass is 1610 g/mol. The molecule has 36 heteroatoms. The van der Waals surface area contributed by atoms with E-state index in [1.165, 1.54) is 48.8 Å². The number of aromatic amines is 2. The van der Waals surface area contributed by atoms with E-state index in [2.05, 4.69) is 67.2 Å². The molecule has 1 saturated heterocycles. The number of ketones is 2. The number of Topliss-reactive ketones (excluding diaryl/α,β-unsaturated/α-hetero) is 2. The number of H-pyrrole nitrogens is 2. The summed E-state index contributed by atoms with van der Waals surface area (Å²) in [7, 11) is 0. The maximum absolute atomic E-state index is 18.1. The number of hydrogen-bond donors (Lipinski definition) is 16. The highest BCUT2D eigenvalue weighted by molar-refractivity contribution is 6.30. The van der Waals surface area contributed by atoms with E-state index in [1.54, 1.807) is 113 Å². The Kier molecular flexibility index (Phi) is 31.1. The predicted octanol–water partition coefficient (Wildman–Crippen LogP) is 2.10. The summed E-state index contributed by atoms with van der Waals surface area (Å²) in [5.41, 5.74) is 43.6. The molecule has 23 N–H and O–H groups in total. The molecule has 3 aromatic heterocycles. The van der Waals surface area contributed by atoms with Crippen LogP contribution in [0.3, 0.4) is 0 Å². The Balaban J connectivity index is 1.31. The Bertz CT molecular complexity index is 4760. The van der Waals surface area contributed by atoms with Crippen molar-refractivity contribution in [1.29, 1.82) is 0 Å². The number of carbonyl (C=O) groups is 11. The average Bonchev–Trinajstić information content (AvgIpc) is 0.833. The van der Waals surface area contributed by atoms with Crippen LogP contribution in [0.25, 0.3) is 10.8 Å². The number of fused-ring (bicyclic) bond motifs is 1. The Morgan fingerprint density at radius 2 is 1.16 bits per heavy atom. The summed E-state index contributed by atoms with van der Waals surface area (Å²) in [5.74, 6) is -16.1. The van der Waals surface area contributed by atoms with Crippen LogP contribution in [0.15, 0.2) is 140 Å². The number of anilines is 6. The average molecular weight is 1610 g/mol. The summed E-state index contributed by atoms with van der Waals surface area (Å²) in [6, 6.07) is 16.8. The van der Waals surface area contributed by atoms with E-state index in [0.29, 0.717) is 46.3 Å². The van der Waals surface area contributed by atoms with Crippen molar-refractivity contribution >= 4 is 122 Å². The van der Waals surface area contributed by atoms with Crippen molar-refractivity contribution in [3.8, 4) is 0 Å². The van der Waals surface area contributed by atoms with Crippen molar-refractivity contribution in [3.63, 3.8) is 0 Å². The maximum Gasteiger partial charge on any atom is 0.270 e. The number of aliphatic hydroxyl groups excluding tert-OH is 1. The van der Waals surface area contributed by atoms with Gasteiger partial charge in [-0.15, -0.1) is 10.2 Å². The number of aliphatic hydroxyl groups is 1. The van der Waals surface area contributed by atoms with Crippen LogP contribution in [0, 0.1) is 5.92 Å². The molecule has 10 atom stereocenters. The maximum atomic E-state index is 18.1. The molecule has 0 bridgehead atoms. The van der Waals surface area contributed by atoms with Gasteiger partial charge in [-0.1, -0.05) is 131 Å². The number of benzene rings is 5. The van der Waals surface area contributed by atoms with Gasteiger partial charge in [-0.25, -0.2) is 15.1 Å². The molecule has 1 fully saturated rings. The first-order valence-electron chi connectivity index (χ1n) is 38.2. The van der Waals surface area contributed by atoms with E-state index in [9.17, 15) is 19.5 Å². The van der Waals surface area contributed by atoms with E-state index in [1.807, 2.05) is 6.07 Å². The molecule has 0 spiro atoms. The zero-order valence-corrected chi connectivity index (χ0v) is 65.9. The van der Waals surface area contributed by atoms with Crippen LogP contribution in [0.2, 0.25) is 5.02 Å². The van der Waals surface area contributed by atoms with Crippen LogP contribution in [-0.4, -0.2) is 206 Å². The fourth-order valence-corrected chi connectivity index (χ4v) is 14.0. The molecule has 0 saturated carbocycles. The highest BCUT2D eigenvalue weighted by Gasteiger charge is 2.64. The molecule has 616 valence electrons. The number of carbonyl (C=O) groups excluding carboxylic acids is 11. The lowest BCUT2D eigenvalue weighted by Gasteiger charge is -2.46. The molecule has 1 aliphatic rings. The lowest BCUT2D eigenvalue weighted by Crippen LogP contribution is -2.76. The van der Waals surface area contributed by atoms with Crippen molar-refractivity contribution in [3.05, 3.63) is 173 Å². The van der Waals surface area contributed by atoms with Gasteiger partial charge in [0.1, 0.15) is 18.1 Å². The number of nitrogens with two attached hydrogens (primary N) is 7. The first-order chi connectivity index (χ1) is 55.3. The van der Waals surface area contributed by atoms with Crippen LogP contribution in [0.4, 0.5) is 35.2 Å². The Hall–Kier alpha value is -11.8. The Labute approximate surface area is 674 Å². The molecule has 0 aliphatic carbocycles. The van der Waals surface area contributed by atoms with Crippen molar-refractivity contribution in [1.82, 2.24) is 71.3 Å². The number of aromatic nitrogens is 7. The number of halogens is 1. The third-order valence-corrected chi connectivity index (χ3v) is 19.9. The molecular weight excluding hydrogens is 1510 g/mol. The summed E-state index contributed by atoms with van der Waals surface area (Å²) in [4.78, 5) is 192. The van der Waals surface area contributed by atoms with Gasteiger partial charge in [0.05, 0.1) is 42.9 Å². The second-order valence-electron chi connectivity index (χ2n) is 29.6. The summed E-state index contributed by atoms with van der Waals surface area (Å²) < 4.78 is 0. The fourth-order valence-electron chi connectivity index (χ4n) is 13.9. The quantitative estimate of drug-likeness (QED) is 0.0193. The molecular formula is C80H102ClN23O12. The van der Waals surface area contributed by atoms with Crippen molar-refractivity contribution < 1.29 is 57.8 Å². The second kappa shape index (κ2) is 41.0. The summed E-state index contributed by atoms with van der Waals surface area (Å²) >= 11 is 6.41. The van der Waals surface area contributed by atoms with Gasteiger partial charge in [-0.3, -0.25) is 62.6 Å². The van der Waals surface area contributed by atoms with E-state index in [0.717, 1.165) is 17.2 Å². The predicted molar refractivity (Wildman–Crippen MR) is 435 cm³/mol. The first kappa shape index (κ1) is 88.1. The van der Waals surface area contributed by atoms with Crippen molar-refractivity contribution in [2.24, 2.45) is 34.6 Å². The van der Waals surface area contributed by atoms with Gasteiger partial charge < -0.3 is 82.0 Å². The number of nitrogen functional groups attached to an aromatic ring is 2. The number of rotatable bonds is 40. The Morgan fingerprint density at radius 1 is 0.612 bits per heavy atom. The summed E-state index contributed by atoms with van der Waals surface area (Å²) in [6.07, 6.45) is -0.733. The lowest BCUT2D eigenvalue weighted by atomic mass is 9.77. The fraction of sp³-hybridized carbons (Fsp3) is 0.400. The highest BCUT2D eigenvalue weighted by atomic mass is 35.5. The summed E-state index contributed by atoms with van der Waals surface area (Å²) in [5, 5.41) is 43.3. The number of amides is 9. The smallest absolute Gasteiger partial charge is 0.270 e. The SMILES string of the molecule is CC(=O)N[C@H](Cc1ccc2ccccc2c1)C(=O)C[C@](C(=O)[C@H](N)Cc1ccc(Cl)cc1)(C(=O)N(C(=O)[C@H](CC(C)C)NC(=O)[C@H](N)Cc1ccc(Nc2n[nH]c(N)n2)cc1)C(=O)[C@@H](N)Cc1ccc(Nc2n[nH]c(N)n2)cc1)N(C(=O)[C@H](CO)NC(=O)[C@H](N)Cc1cccnc1)C(=O)[C@@H]1CCCN1C(=O)[C@H](CCCCN)NC(C)C. The summed E-state index contributed by atoms with van der Waals surface area (Å²) in [6.45, 7) is 6.46. The van der Waals surface area contributed by atoms with E-state index >= 15 is 38.4 Å². The number of nitrogens with zero attached hydrogens (tertiary/aromatic N) is 8. The number of likely N-dealkylation sites (tertiary alicyclic amines) is 1. The highest BCUT2D eigenvalue weighted by Crippen LogP contribution is 2.36. The number of nitrogens with one attached hydrogen (secondary N) is 8.